The van der Waals surface area contributed by atoms with E-state index in [0.717, 1.165) is 19.3 Å². The number of esters is 1. The molecule has 2 aromatic rings. The van der Waals surface area contributed by atoms with Crippen molar-refractivity contribution >= 4 is 38.9 Å². The van der Waals surface area contributed by atoms with Crippen molar-refractivity contribution in [2.24, 2.45) is 0 Å². The van der Waals surface area contributed by atoms with Gasteiger partial charge in [-0.05, 0) is 41.5 Å². The summed E-state index contributed by atoms with van der Waals surface area (Å²) in [5, 5.41) is 9.65. The first kappa shape index (κ1) is 26.6. The molecule has 9 heteroatoms. The Hall–Kier alpha value is -1.65. The first-order valence-electron chi connectivity index (χ1n) is 11.1. The van der Waals surface area contributed by atoms with E-state index >= 15 is 0 Å². The zero-order valence-corrected chi connectivity index (χ0v) is 20.1. The molecule has 0 heterocycles. The Balaban J connectivity index is 1.89. The highest BCUT2D eigenvalue weighted by Gasteiger charge is 2.20. The first-order valence-corrected chi connectivity index (χ1v) is 13.3. The van der Waals surface area contributed by atoms with Crippen LogP contribution >= 0.6 is 12.0 Å². The Labute approximate surface area is 194 Å². The minimum Gasteiger partial charge on any atom is -0.425 e. The highest BCUT2D eigenvalue weighted by Crippen LogP contribution is 2.32. The molecule has 2 rings (SSSR count). The average Bonchev–Trinajstić information content (AvgIpc) is 2.74. The summed E-state index contributed by atoms with van der Waals surface area (Å²) in [6.45, 7) is 2.21. The average molecular weight is 485 g/mol. The Morgan fingerprint density at radius 3 is 2.12 bits per heavy atom. The van der Waals surface area contributed by atoms with Crippen LogP contribution in [0.1, 0.15) is 77.6 Å². The van der Waals surface area contributed by atoms with Crippen LogP contribution in [0.3, 0.4) is 0 Å². The first-order chi connectivity index (χ1) is 15.3. The highest BCUT2D eigenvalue weighted by molar-refractivity contribution is 7.94. The SMILES string of the molecule is CCCCCCCCCCCCC(=O)Oc1cc2ccc(SOO)cc2cc1S(=O)(=O)O. The van der Waals surface area contributed by atoms with Crippen LogP contribution in [0, 0.1) is 0 Å². The molecule has 0 aromatic heterocycles. The Morgan fingerprint density at radius 2 is 1.53 bits per heavy atom. The van der Waals surface area contributed by atoms with Crippen LogP contribution in [0.25, 0.3) is 10.8 Å². The van der Waals surface area contributed by atoms with Gasteiger partial charge in [-0.3, -0.25) is 9.35 Å². The summed E-state index contributed by atoms with van der Waals surface area (Å²) in [6.07, 6.45) is 11.6. The van der Waals surface area contributed by atoms with Gasteiger partial charge in [0.05, 0.1) is 12.0 Å². The second-order valence-corrected chi connectivity index (χ2v) is 10.0. The van der Waals surface area contributed by atoms with Crippen molar-refractivity contribution in [2.45, 2.75) is 87.3 Å². The van der Waals surface area contributed by atoms with E-state index in [1.165, 1.54) is 50.7 Å². The van der Waals surface area contributed by atoms with Crippen LogP contribution in [-0.4, -0.2) is 24.2 Å². The zero-order chi connectivity index (χ0) is 23.4. The van der Waals surface area contributed by atoms with Crippen molar-refractivity contribution in [2.75, 3.05) is 0 Å². The molecule has 0 unspecified atom stereocenters. The normalized spacial score (nSPS) is 11.7. The molecular weight excluding hydrogens is 452 g/mol. The molecule has 2 aromatic carbocycles. The van der Waals surface area contributed by atoms with E-state index in [-0.39, 0.29) is 12.2 Å². The molecule has 0 amide bonds. The van der Waals surface area contributed by atoms with E-state index < -0.39 is 21.0 Å². The van der Waals surface area contributed by atoms with E-state index in [0.29, 0.717) is 34.1 Å². The zero-order valence-electron chi connectivity index (χ0n) is 18.4. The number of carbonyl (C=O) groups is 1. The standard InChI is InChI=1S/C23H32O7S2/c1-2-3-4-5-6-7-8-9-10-11-12-23(24)29-21-16-18-13-14-20(31-30-25)15-19(18)17-22(21)32(26,27)28/h13-17,25H,2-12H2,1H3,(H,26,27,28). The summed E-state index contributed by atoms with van der Waals surface area (Å²) >= 11 is 0.697. The minimum absolute atomic E-state index is 0.183. The maximum atomic E-state index is 12.3. The predicted molar refractivity (Wildman–Crippen MR) is 125 cm³/mol. The van der Waals surface area contributed by atoms with Gasteiger partial charge in [0.15, 0.2) is 5.75 Å². The number of hydrogen-bond acceptors (Lipinski definition) is 7. The number of carbonyl (C=O) groups excluding carboxylic acids is 1. The fourth-order valence-electron chi connectivity index (χ4n) is 3.54. The third-order valence-electron chi connectivity index (χ3n) is 5.24. The van der Waals surface area contributed by atoms with Crippen LogP contribution < -0.4 is 4.74 Å². The number of hydrogen-bond donors (Lipinski definition) is 2. The lowest BCUT2D eigenvalue weighted by molar-refractivity contribution is -0.134. The van der Waals surface area contributed by atoms with E-state index in [1.54, 1.807) is 18.2 Å². The molecule has 32 heavy (non-hydrogen) atoms. The quantitative estimate of drug-likeness (QED) is 0.0540. The van der Waals surface area contributed by atoms with Gasteiger partial charge in [0.2, 0.25) is 0 Å². The molecule has 0 saturated carbocycles. The van der Waals surface area contributed by atoms with Crippen LogP contribution in [0.2, 0.25) is 0 Å². The summed E-state index contributed by atoms with van der Waals surface area (Å²) in [7, 11) is -4.60. The fraction of sp³-hybridized carbons (Fsp3) is 0.522. The molecule has 7 nitrogen and oxygen atoms in total. The lowest BCUT2D eigenvalue weighted by Crippen LogP contribution is -2.11. The molecule has 2 N–H and O–H groups in total. The van der Waals surface area contributed by atoms with Crippen molar-refractivity contribution < 1.29 is 32.1 Å². The van der Waals surface area contributed by atoms with Crippen LogP contribution in [0.15, 0.2) is 40.1 Å². The summed E-state index contributed by atoms with van der Waals surface area (Å²) in [5.41, 5.74) is 0. The molecule has 0 aliphatic heterocycles. The highest BCUT2D eigenvalue weighted by atomic mass is 32.2. The molecule has 178 valence electrons. The van der Waals surface area contributed by atoms with E-state index in [1.807, 2.05) is 0 Å². The van der Waals surface area contributed by atoms with Crippen molar-refractivity contribution in [3.05, 3.63) is 30.3 Å². The molecule has 0 saturated heterocycles. The van der Waals surface area contributed by atoms with Crippen LogP contribution in [0.5, 0.6) is 5.75 Å². The van der Waals surface area contributed by atoms with Crippen molar-refractivity contribution in [1.29, 1.82) is 0 Å². The monoisotopic (exact) mass is 484 g/mol. The van der Waals surface area contributed by atoms with Crippen LogP contribution in [0.4, 0.5) is 0 Å². The number of fused-ring (bicyclic) bond motifs is 1. The summed E-state index contributed by atoms with van der Waals surface area (Å²) in [4.78, 5) is 12.3. The molecule has 0 bridgehead atoms. The number of benzene rings is 2. The summed E-state index contributed by atoms with van der Waals surface area (Å²) in [5.74, 6) is -0.731. The van der Waals surface area contributed by atoms with Gasteiger partial charge in [0.25, 0.3) is 10.1 Å². The number of unbranched alkanes of at least 4 members (excludes halogenated alkanes) is 9. The number of rotatable bonds is 15. The lowest BCUT2D eigenvalue weighted by atomic mass is 10.1. The number of ether oxygens (including phenoxy) is 1. The van der Waals surface area contributed by atoms with Crippen molar-refractivity contribution in [1.82, 2.24) is 0 Å². The summed E-state index contributed by atoms with van der Waals surface area (Å²) < 4.78 is 42.6. The summed E-state index contributed by atoms with van der Waals surface area (Å²) in [6, 6.07) is 7.55. The Kier molecular flexibility index (Phi) is 11.5. The van der Waals surface area contributed by atoms with Crippen molar-refractivity contribution in [3.8, 4) is 5.75 Å². The molecule has 0 radical (unpaired) electrons. The largest absolute Gasteiger partial charge is 0.425 e. The minimum atomic E-state index is -4.60. The molecule has 0 aliphatic carbocycles. The second kappa shape index (κ2) is 13.8. The van der Waals surface area contributed by atoms with Crippen LogP contribution in [-0.2, 0) is 19.2 Å². The smallest absolute Gasteiger partial charge is 0.311 e. The molecule has 0 fully saturated rings. The van der Waals surface area contributed by atoms with Gasteiger partial charge in [-0.15, -0.1) is 0 Å². The lowest BCUT2D eigenvalue weighted by Gasteiger charge is -2.11. The van der Waals surface area contributed by atoms with Gasteiger partial charge in [-0.2, -0.15) is 12.8 Å². The van der Waals surface area contributed by atoms with Gasteiger partial charge in [0.1, 0.15) is 4.90 Å². The molecule has 0 atom stereocenters. The third kappa shape index (κ3) is 9.07. The van der Waals surface area contributed by atoms with E-state index in [9.17, 15) is 17.8 Å². The van der Waals surface area contributed by atoms with Gasteiger partial charge >= 0.3 is 5.97 Å². The van der Waals surface area contributed by atoms with Gasteiger partial charge < -0.3 is 4.74 Å². The second-order valence-electron chi connectivity index (χ2n) is 7.85. The van der Waals surface area contributed by atoms with Gasteiger partial charge in [-0.25, -0.2) is 5.26 Å². The van der Waals surface area contributed by atoms with E-state index in [4.69, 9.17) is 9.99 Å². The Morgan fingerprint density at radius 1 is 0.906 bits per heavy atom. The van der Waals surface area contributed by atoms with Gasteiger partial charge in [-0.1, -0.05) is 70.8 Å². The van der Waals surface area contributed by atoms with Gasteiger partial charge in [0, 0.05) is 11.3 Å². The molecule has 0 aliphatic rings. The maximum Gasteiger partial charge on any atom is 0.311 e. The Bertz CT molecular complexity index is 974. The van der Waals surface area contributed by atoms with E-state index in [2.05, 4.69) is 11.3 Å². The molecule has 0 spiro atoms. The topological polar surface area (TPSA) is 110 Å². The fourth-order valence-corrected chi connectivity index (χ4v) is 4.56. The third-order valence-corrected chi connectivity index (χ3v) is 6.64. The predicted octanol–water partition coefficient (Wildman–Crippen LogP) is 6.80. The van der Waals surface area contributed by atoms with Crippen molar-refractivity contribution in [3.63, 3.8) is 0 Å². The maximum absolute atomic E-state index is 12.3. The molecular formula is C23H32O7S2.